The quantitative estimate of drug-likeness (QED) is 0.885. The summed E-state index contributed by atoms with van der Waals surface area (Å²) in [6.07, 6.45) is 1.72. The Morgan fingerprint density at radius 2 is 1.76 bits per heavy atom. The van der Waals surface area contributed by atoms with E-state index in [1.54, 1.807) is 26.5 Å². The second kappa shape index (κ2) is 6.83. The average Bonchev–Trinajstić information content (AvgIpc) is 2.52. The Bertz CT molecular complexity index is 583. The molecular formula is C16H21N3O2. The maximum Gasteiger partial charge on any atom is 0.184 e. The molecular weight excluding hydrogens is 266 g/mol. The highest BCUT2D eigenvalue weighted by molar-refractivity contribution is 5.55. The van der Waals surface area contributed by atoms with Crippen LogP contribution in [0, 0.1) is 0 Å². The van der Waals surface area contributed by atoms with E-state index >= 15 is 0 Å². The van der Waals surface area contributed by atoms with Gasteiger partial charge in [-0.2, -0.15) is 0 Å². The molecule has 1 aromatic carbocycles. The Morgan fingerprint density at radius 3 is 2.33 bits per heavy atom. The van der Waals surface area contributed by atoms with Gasteiger partial charge in [0.1, 0.15) is 5.69 Å². The van der Waals surface area contributed by atoms with Crippen molar-refractivity contribution < 1.29 is 9.47 Å². The number of anilines is 2. The number of aromatic nitrogens is 1. The molecule has 0 radical (unpaired) electrons. The Balaban J connectivity index is 2.09. The van der Waals surface area contributed by atoms with E-state index in [9.17, 15) is 0 Å². The lowest BCUT2D eigenvalue weighted by atomic mass is 10.2. The SMILES string of the molecule is COc1ccnc(CNc2ccc(N(C)C)cc2)c1OC. The third kappa shape index (κ3) is 3.56. The fraction of sp³-hybridized carbons (Fsp3) is 0.312. The summed E-state index contributed by atoms with van der Waals surface area (Å²) in [5.74, 6) is 1.35. The van der Waals surface area contributed by atoms with Crippen LogP contribution in [0.1, 0.15) is 5.69 Å². The summed E-state index contributed by atoms with van der Waals surface area (Å²) in [4.78, 5) is 6.41. The number of ether oxygens (including phenoxy) is 2. The molecule has 0 saturated heterocycles. The van der Waals surface area contributed by atoms with Crippen molar-refractivity contribution in [1.29, 1.82) is 0 Å². The number of pyridine rings is 1. The maximum atomic E-state index is 5.37. The number of nitrogens with zero attached hydrogens (tertiary/aromatic N) is 2. The number of benzene rings is 1. The van der Waals surface area contributed by atoms with Gasteiger partial charge in [0.15, 0.2) is 11.5 Å². The second-order valence-corrected chi connectivity index (χ2v) is 4.79. The van der Waals surface area contributed by atoms with E-state index < -0.39 is 0 Å². The smallest absolute Gasteiger partial charge is 0.184 e. The lowest BCUT2D eigenvalue weighted by Gasteiger charge is -2.14. The first-order chi connectivity index (χ1) is 10.2. The minimum absolute atomic E-state index is 0.571. The van der Waals surface area contributed by atoms with E-state index in [4.69, 9.17) is 9.47 Å². The lowest BCUT2D eigenvalue weighted by Crippen LogP contribution is -2.08. The van der Waals surface area contributed by atoms with Gasteiger partial charge < -0.3 is 19.7 Å². The van der Waals surface area contributed by atoms with Crippen LogP contribution in [0.15, 0.2) is 36.5 Å². The van der Waals surface area contributed by atoms with Crippen molar-refractivity contribution in [2.24, 2.45) is 0 Å². The molecule has 0 spiro atoms. The molecule has 0 aliphatic rings. The predicted molar refractivity (Wildman–Crippen MR) is 85.4 cm³/mol. The molecule has 0 aliphatic heterocycles. The van der Waals surface area contributed by atoms with Crippen LogP contribution < -0.4 is 19.7 Å². The third-order valence-electron chi connectivity index (χ3n) is 3.21. The minimum atomic E-state index is 0.571. The number of hydrogen-bond donors (Lipinski definition) is 1. The monoisotopic (exact) mass is 287 g/mol. The molecule has 21 heavy (non-hydrogen) atoms. The molecule has 1 N–H and O–H groups in total. The van der Waals surface area contributed by atoms with Crippen LogP contribution in [0.4, 0.5) is 11.4 Å². The van der Waals surface area contributed by atoms with Crippen LogP contribution in [0.5, 0.6) is 11.5 Å². The van der Waals surface area contributed by atoms with Crippen molar-refractivity contribution in [3.05, 3.63) is 42.2 Å². The number of nitrogens with one attached hydrogen (secondary N) is 1. The van der Waals surface area contributed by atoms with Gasteiger partial charge in [0.25, 0.3) is 0 Å². The van der Waals surface area contributed by atoms with Crippen molar-refractivity contribution in [3.8, 4) is 11.5 Å². The zero-order valence-corrected chi connectivity index (χ0v) is 12.9. The van der Waals surface area contributed by atoms with Crippen molar-refractivity contribution in [2.75, 3.05) is 38.5 Å². The molecule has 0 unspecified atom stereocenters. The molecule has 1 heterocycles. The highest BCUT2D eigenvalue weighted by atomic mass is 16.5. The van der Waals surface area contributed by atoms with E-state index in [0.29, 0.717) is 18.0 Å². The number of methoxy groups -OCH3 is 2. The topological polar surface area (TPSA) is 46.6 Å². The summed E-state index contributed by atoms with van der Waals surface area (Å²) in [6.45, 7) is 0.571. The Morgan fingerprint density at radius 1 is 1.05 bits per heavy atom. The standard InChI is InChI=1S/C16H21N3O2/c1-19(2)13-7-5-12(6-8-13)18-11-14-16(21-4)15(20-3)9-10-17-14/h5-10,18H,11H2,1-4H3. The van der Waals surface area contributed by atoms with E-state index in [-0.39, 0.29) is 0 Å². The van der Waals surface area contributed by atoms with Crippen molar-refractivity contribution >= 4 is 11.4 Å². The predicted octanol–water partition coefficient (Wildman–Crippen LogP) is 2.78. The van der Waals surface area contributed by atoms with E-state index in [1.165, 1.54) is 0 Å². The number of hydrogen-bond acceptors (Lipinski definition) is 5. The second-order valence-electron chi connectivity index (χ2n) is 4.79. The van der Waals surface area contributed by atoms with Gasteiger partial charge in [0.05, 0.1) is 20.8 Å². The molecule has 2 aromatic rings. The van der Waals surface area contributed by atoms with Gasteiger partial charge >= 0.3 is 0 Å². The van der Waals surface area contributed by atoms with Crippen molar-refractivity contribution in [3.63, 3.8) is 0 Å². The highest BCUT2D eigenvalue weighted by Gasteiger charge is 2.10. The molecule has 5 nitrogen and oxygen atoms in total. The molecule has 0 saturated carbocycles. The van der Waals surface area contributed by atoms with Crippen LogP contribution in [0.3, 0.4) is 0 Å². The van der Waals surface area contributed by atoms with Gasteiger partial charge in [0.2, 0.25) is 0 Å². The molecule has 112 valence electrons. The summed E-state index contributed by atoms with van der Waals surface area (Å²) >= 11 is 0. The Hall–Kier alpha value is -2.43. The van der Waals surface area contributed by atoms with Gasteiger partial charge in [-0.1, -0.05) is 0 Å². The molecule has 2 rings (SSSR count). The molecule has 0 bridgehead atoms. The lowest BCUT2D eigenvalue weighted by molar-refractivity contribution is 0.350. The first-order valence-electron chi connectivity index (χ1n) is 6.73. The Kier molecular flexibility index (Phi) is 4.87. The largest absolute Gasteiger partial charge is 0.493 e. The summed E-state index contributed by atoms with van der Waals surface area (Å²) in [5.41, 5.74) is 3.01. The van der Waals surface area contributed by atoms with Crippen LogP contribution in [-0.4, -0.2) is 33.3 Å². The maximum absolute atomic E-state index is 5.37. The van der Waals surface area contributed by atoms with Gasteiger partial charge in [-0.3, -0.25) is 4.98 Å². The molecule has 5 heteroatoms. The molecule has 0 atom stereocenters. The minimum Gasteiger partial charge on any atom is -0.493 e. The van der Waals surface area contributed by atoms with E-state index in [1.807, 2.05) is 26.2 Å². The zero-order valence-electron chi connectivity index (χ0n) is 12.9. The van der Waals surface area contributed by atoms with Gasteiger partial charge in [0, 0.05) is 37.7 Å². The first kappa shape index (κ1) is 15.0. The fourth-order valence-corrected chi connectivity index (χ4v) is 2.04. The van der Waals surface area contributed by atoms with Crippen LogP contribution in [0.25, 0.3) is 0 Å². The van der Waals surface area contributed by atoms with Gasteiger partial charge in [-0.15, -0.1) is 0 Å². The highest BCUT2D eigenvalue weighted by Crippen LogP contribution is 2.29. The Labute approximate surface area is 125 Å². The zero-order chi connectivity index (χ0) is 15.2. The first-order valence-corrected chi connectivity index (χ1v) is 6.73. The summed E-state index contributed by atoms with van der Waals surface area (Å²) in [5, 5.41) is 3.34. The summed E-state index contributed by atoms with van der Waals surface area (Å²) < 4.78 is 10.6. The third-order valence-corrected chi connectivity index (χ3v) is 3.21. The van der Waals surface area contributed by atoms with Gasteiger partial charge in [-0.25, -0.2) is 0 Å². The average molecular weight is 287 g/mol. The van der Waals surface area contributed by atoms with E-state index in [2.05, 4.69) is 27.3 Å². The summed E-state index contributed by atoms with van der Waals surface area (Å²) in [7, 11) is 7.28. The normalized spacial score (nSPS) is 10.1. The van der Waals surface area contributed by atoms with Crippen LogP contribution in [0.2, 0.25) is 0 Å². The van der Waals surface area contributed by atoms with Crippen LogP contribution in [-0.2, 0) is 6.54 Å². The molecule has 0 aliphatic carbocycles. The van der Waals surface area contributed by atoms with Crippen molar-refractivity contribution in [2.45, 2.75) is 6.54 Å². The van der Waals surface area contributed by atoms with E-state index in [0.717, 1.165) is 17.1 Å². The fourth-order valence-electron chi connectivity index (χ4n) is 2.04. The van der Waals surface area contributed by atoms with Crippen molar-refractivity contribution in [1.82, 2.24) is 4.98 Å². The summed E-state index contributed by atoms with van der Waals surface area (Å²) in [6, 6.07) is 10.0. The molecule has 0 fully saturated rings. The molecule has 0 amide bonds. The van der Waals surface area contributed by atoms with Crippen LogP contribution >= 0.6 is 0 Å². The number of rotatable bonds is 6. The molecule has 1 aromatic heterocycles. The van der Waals surface area contributed by atoms with Gasteiger partial charge in [-0.05, 0) is 24.3 Å².